The molecule has 2 heterocycles. The zero-order valence-corrected chi connectivity index (χ0v) is 15.6. The number of benzene rings is 1. The van der Waals surface area contributed by atoms with Gasteiger partial charge in [0.2, 0.25) is 0 Å². The molecule has 1 aliphatic carbocycles. The molecular formula is C21H23F2N3O. The Kier molecular flexibility index (Phi) is 4.72. The normalized spacial score (nSPS) is 14.8. The van der Waals surface area contributed by atoms with Crippen molar-refractivity contribution in [2.45, 2.75) is 45.1 Å². The Morgan fingerprint density at radius 2 is 1.89 bits per heavy atom. The lowest BCUT2D eigenvalue weighted by atomic mass is 10.1. The SMILES string of the molecule is CCc1cccc2nc(-c3c(F)cc(OC)cc3F)c(NC3CCCC3)n12. The van der Waals surface area contributed by atoms with Crippen molar-refractivity contribution in [1.82, 2.24) is 9.38 Å². The maximum Gasteiger partial charge on any atom is 0.139 e. The van der Waals surface area contributed by atoms with Crippen LogP contribution in [-0.2, 0) is 6.42 Å². The van der Waals surface area contributed by atoms with Gasteiger partial charge in [0, 0.05) is 23.9 Å². The molecule has 0 spiro atoms. The molecule has 1 N–H and O–H groups in total. The molecule has 1 saturated carbocycles. The van der Waals surface area contributed by atoms with Gasteiger partial charge in [-0.25, -0.2) is 13.8 Å². The molecule has 1 aliphatic rings. The van der Waals surface area contributed by atoms with E-state index in [1.54, 1.807) is 0 Å². The van der Waals surface area contributed by atoms with Crippen LogP contribution in [0.2, 0.25) is 0 Å². The van der Waals surface area contributed by atoms with Crippen molar-refractivity contribution in [2.75, 3.05) is 12.4 Å². The number of nitrogens with one attached hydrogen (secondary N) is 1. The van der Waals surface area contributed by atoms with Gasteiger partial charge in [0.25, 0.3) is 0 Å². The van der Waals surface area contributed by atoms with Crippen LogP contribution in [0.5, 0.6) is 5.75 Å². The number of imidazole rings is 1. The first-order chi connectivity index (χ1) is 13.1. The summed E-state index contributed by atoms with van der Waals surface area (Å²) in [7, 11) is 1.39. The van der Waals surface area contributed by atoms with Crippen molar-refractivity contribution in [1.29, 1.82) is 0 Å². The van der Waals surface area contributed by atoms with Crippen molar-refractivity contribution < 1.29 is 13.5 Å². The number of nitrogens with zero attached hydrogens (tertiary/aromatic N) is 2. The van der Waals surface area contributed by atoms with E-state index in [9.17, 15) is 8.78 Å². The van der Waals surface area contributed by atoms with E-state index >= 15 is 0 Å². The van der Waals surface area contributed by atoms with E-state index < -0.39 is 11.6 Å². The first-order valence-electron chi connectivity index (χ1n) is 9.42. The Morgan fingerprint density at radius 3 is 2.52 bits per heavy atom. The van der Waals surface area contributed by atoms with E-state index in [4.69, 9.17) is 4.74 Å². The minimum absolute atomic E-state index is 0.123. The maximum atomic E-state index is 14.8. The van der Waals surface area contributed by atoms with Crippen LogP contribution in [-0.4, -0.2) is 22.5 Å². The molecule has 0 atom stereocenters. The number of pyridine rings is 1. The van der Waals surface area contributed by atoms with Gasteiger partial charge in [0.1, 0.15) is 34.5 Å². The monoisotopic (exact) mass is 371 g/mol. The molecule has 142 valence electrons. The Balaban J connectivity index is 1.95. The number of aromatic nitrogens is 2. The zero-order chi connectivity index (χ0) is 19.0. The topological polar surface area (TPSA) is 38.6 Å². The minimum Gasteiger partial charge on any atom is -0.497 e. The highest BCUT2D eigenvalue weighted by atomic mass is 19.1. The summed E-state index contributed by atoms with van der Waals surface area (Å²) >= 11 is 0. The lowest BCUT2D eigenvalue weighted by Crippen LogP contribution is -2.17. The summed E-state index contributed by atoms with van der Waals surface area (Å²) in [6.07, 6.45) is 5.22. The van der Waals surface area contributed by atoms with Gasteiger partial charge in [-0.1, -0.05) is 25.8 Å². The predicted octanol–water partition coefficient (Wildman–Crippen LogP) is 5.21. The van der Waals surface area contributed by atoms with Crippen molar-refractivity contribution in [3.63, 3.8) is 0 Å². The average molecular weight is 371 g/mol. The second-order valence-corrected chi connectivity index (χ2v) is 6.97. The summed E-state index contributed by atoms with van der Waals surface area (Å²) in [5, 5.41) is 3.52. The van der Waals surface area contributed by atoms with E-state index in [0.717, 1.165) is 37.8 Å². The molecule has 4 nitrogen and oxygen atoms in total. The highest BCUT2D eigenvalue weighted by Gasteiger charge is 2.25. The van der Waals surface area contributed by atoms with E-state index in [-0.39, 0.29) is 17.4 Å². The molecule has 2 aromatic heterocycles. The lowest BCUT2D eigenvalue weighted by molar-refractivity contribution is 0.407. The molecule has 1 aromatic carbocycles. The fourth-order valence-corrected chi connectivity index (χ4v) is 3.90. The van der Waals surface area contributed by atoms with Crippen LogP contribution in [0.25, 0.3) is 16.9 Å². The largest absolute Gasteiger partial charge is 0.497 e. The number of anilines is 1. The third-order valence-electron chi connectivity index (χ3n) is 5.27. The number of fused-ring (bicyclic) bond motifs is 1. The smallest absolute Gasteiger partial charge is 0.139 e. The molecule has 0 amide bonds. The summed E-state index contributed by atoms with van der Waals surface area (Å²) in [5.74, 6) is -0.542. The van der Waals surface area contributed by atoms with Gasteiger partial charge in [-0.2, -0.15) is 0 Å². The van der Waals surface area contributed by atoms with E-state index in [2.05, 4.69) is 17.2 Å². The van der Waals surface area contributed by atoms with E-state index in [0.29, 0.717) is 17.2 Å². The number of halogens is 2. The summed E-state index contributed by atoms with van der Waals surface area (Å²) in [6.45, 7) is 2.06. The quantitative estimate of drug-likeness (QED) is 0.669. The molecule has 0 radical (unpaired) electrons. The third-order valence-corrected chi connectivity index (χ3v) is 5.27. The van der Waals surface area contributed by atoms with Gasteiger partial charge < -0.3 is 10.1 Å². The first-order valence-corrected chi connectivity index (χ1v) is 9.42. The molecule has 0 unspecified atom stereocenters. The van der Waals surface area contributed by atoms with Crippen molar-refractivity contribution >= 4 is 11.5 Å². The fraction of sp³-hybridized carbons (Fsp3) is 0.381. The van der Waals surface area contributed by atoms with Gasteiger partial charge >= 0.3 is 0 Å². The molecule has 27 heavy (non-hydrogen) atoms. The van der Waals surface area contributed by atoms with Crippen LogP contribution < -0.4 is 10.1 Å². The van der Waals surface area contributed by atoms with Crippen LogP contribution in [0, 0.1) is 11.6 Å². The predicted molar refractivity (Wildman–Crippen MR) is 102 cm³/mol. The van der Waals surface area contributed by atoms with Gasteiger partial charge in [0.15, 0.2) is 0 Å². The van der Waals surface area contributed by atoms with Gasteiger partial charge in [0.05, 0.1) is 12.7 Å². The zero-order valence-electron chi connectivity index (χ0n) is 15.6. The standard InChI is InChI=1S/C21H23F2N3O/c1-3-14-9-6-10-18-25-20(19-16(22)11-15(27-2)12-17(19)23)21(26(14)18)24-13-7-4-5-8-13/h6,9-13,24H,3-5,7-8H2,1-2H3. The second-order valence-electron chi connectivity index (χ2n) is 6.97. The van der Waals surface area contributed by atoms with Gasteiger partial charge in [-0.05, 0) is 31.4 Å². The Bertz CT molecular complexity index is 954. The highest BCUT2D eigenvalue weighted by Crippen LogP contribution is 2.37. The number of ether oxygens (including phenoxy) is 1. The number of rotatable bonds is 5. The molecule has 4 rings (SSSR count). The highest BCUT2D eigenvalue weighted by molar-refractivity contribution is 5.78. The molecule has 1 fully saturated rings. The van der Waals surface area contributed by atoms with Crippen molar-refractivity contribution in [2.24, 2.45) is 0 Å². The lowest BCUT2D eigenvalue weighted by Gasteiger charge is -2.17. The van der Waals surface area contributed by atoms with Crippen LogP contribution in [0.4, 0.5) is 14.6 Å². The van der Waals surface area contributed by atoms with E-state index in [1.807, 2.05) is 22.6 Å². The average Bonchev–Trinajstić information content (AvgIpc) is 3.29. The Hall–Kier alpha value is -2.63. The van der Waals surface area contributed by atoms with Crippen LogP contribution in [0.15, 0.2) is 30.3 Å². The second kappa shape index (κ2) is 7.18. The molecule has 0 bridgehead atoms. The van der Waals surface area contributed by atoms with Crippen LogP contribution in [0.3, 0.4) is 0 Å². The first kappa shape index (κ1) is 17.8. The maximum absolute atomic E-state index is 14.8. The summed E-state index contributed by atoms with van der Waals surface area (Å²) in [4.78, 5) is 4.59. The summed E-state index contributed by atoms with van der Waals surface area (Å²) in [5.41, 5.74) is 1.91. The molecular weight excluding hydrogens is 348 g/mol. The van der Waals surface area contributed by atoms with Crippen LogP contribution >= 0.6 is 0 Å². The van der Waals surface area contributed by atoms with Crippen LogP contribution in [0.1, 0.15) is 38.3 Å². The van der Waals surface area contributed by atoms with Crippen molar-refractivity contribution in [3.05, 3.63) is 47.7 Å². The third kappa shape index (κ3) is 3.13. The molecule has 0 saturated heterocycles. The number of methoxy groups -OCH3 is 1. The molecule has 3 aromatic rings. The van der Waals surface area contributed by atoms with Crippen molar-refractivity contribution in [3.8, 4) is 17.0 Å². The summed E-state index contributed by atoms with van der Waals surface area (Å²) in [6, 6.07) is 8.48. The van der Waals surface area contributed by atoms with Gasteiger partial charge in [-0.3, -0.25) is 4.40 Å². The fourth-order valence-electron chi connectivity index (χ4n) is 3.90. The summed E-state index contributed by atoms with van der Waals surface area (Å²) < 4.78 is 36.5. The molecule has 6 heteroatoms. The Labute approximate surface area is 157 Å². The van der Waals surface area contributed by atoms with Gasteiger partial charge in [-0.15, -0.1) is 0 Å². The minimum atomic E-state index is -0.678. The molecule has 0 aliphatic heterocycles. The number of hydrogen-bond donors (Lipinski definition) is 1. The number of hydrogen-bond acceptors (Lipinski definition) is 3. The number of aryl methyl sites for hydroxylation is 1. The Morgan fingerprint density at radius 1 is 1.19 bits per heavy atom. The van der Waals surface area contributed by atoms with E-state index in [1.165, 1.54) is 19.2 Å².